The Morgan fingerprint density at radius 3 is 2.52 bits per heavy atom. The lowest BCUT2D eigenvalue weighted by Crippen LogP contribution is -2.08. The summed E-state index contributed by atoms with van der Waals surface area (Å²) in [6.45, 7) is -0.106. The highest BCUT2D eigenvalue weighted by Gasteiger charge is 2.16. The summed E-state index contributed by atoms with van der Waals surface area (Å²) < 4.78 is 29.2. The Labute approximate surface area is 141 Å². The first-order valence-corrected chi connectivity index (χ1v) is 7.46. The molecule has 0 bridgehead atoms. The third-order valence-corrected chi connectivity index (χ3v) is 3.82. The largest absolute Gasteiger partial charge is 0.368 e. The summed E-state index contributed by atoms with van der Waals surface area (Å²) in [6.07, 6.45) is 4.85. The number of fused-ring (bicyclic) bond motifs is 1. The number of halogens is 2. The number of nitrogens with zero attached hydrogens (tertiary/aromatic N) is 5. The fourth-order valence-electron chi connectivity index (χ4n) is 2.64. The van der Waals surface area contributed by atoms with Gasteiger partial charge < -0.3 is 5.73 Å². The normalized spacial score (nSPS) is 11.1. The zero-order valence-electron chi connectivity index (χ0n) is 12.9. The van der Waals surface area contributed by atoms with Gasteiger partial charge in [0.15, 0.2) is 5.65 Å². The molecule has 0 amide bonds. The van der Waals surface area contributed by atoms with Crippen LogP contribution in [0.2, 0.25) is 0 Å². The van der Waals surface area contributed by atoms with Gasteiger partial charge in [-0.25, -0.2) is 18.4 Å². The van der Waals surface area contributed by atoms with Crippen LogP contribution in [0, 0.1) is 11.6 Å². The fourth-order valence-corrected chi connectivity index (χ4v) is 2.64. The highest BCUT2D eigenvalue weighted by molar-refractivity contribution is 5.90. The molecule has 1 aromatic carbocycles. The summed E-state index contributed by atoms with van der Waals surface area (Å²) in [5.41, 5.74) is 7.43. The van der Waals surface area contributed by atoms with Crippen LogP contribution < -0.4 is 5.73 Å². The fraction of sp³-hybridized carbons (Fsp3) is 0.0588. The van der Waals surface area contributed by atoms with Crippen LogP contribution in [0.15, 0.2) is 48.9 Å². The van der Waals surface area contributed by atoms with E-state index in [1.54, 1.807) is 24.7 Å². The van der Waals surface area contributed by atoms with Crippen molar-refractivity contribution in [3.8, 4) is 11.3 Å². The van der Waals surface area contributed by atoms with Gasteiger partial charge in [-0.1, -0.05) is 6.07 Å². The van der Waals surface area contributed by atoms with E-state index in [0.717, 1.165) is 5.56 Å². The molecule has 4 rings (SSSR count). The summed E-state index contributed by atoms with van der Waals surface area (Å²) in [7, 11) is 0. The summed E-state index contributed by atoms with van der Waals surface area (Å²) in [6, 6.07) is 7.33. The SMILES string of the molecule is Nc1nc(-c2cccnc2)c2cnn(Cc3c(F)cccc3F)c2n1. The molecule has 0 atom stereocenters. The van der Waals surface area contributed by atoms with Crippen LogP contribution in [0.3, 0.4) is 0 Å². The highest BCUT2D eigenvalue weighted by atomic mass is 19.1. The molecule has 4 aromatic rings. The van der Waals surface area contributed by atoms with Crippen LogP contribution in [0.5, 0.6) is 0 Å². The van der Waals surface area contributed by atoms with Gasteiger partial charge in [-0.15, -0.1) is 0 Å². The predicted molar refractivity (Wildman–Crippen MR) is 88.4 cm³/mol. The van der Waals surface area contributed by atoms with Crippen molar-refractivity contribution in [3.63, 3.8) is 0 Å². The molecule has 0 unspecified atom stereocenters. The third kappa shape index (κ3) is 2.67. The minimum absolute atomic E-state index is 0.0436. The van der Waals surface area contributed by atoms with Crippen molar-refractivity contribution in [2.45, 2.75) is 6.54 Å². The zero-order chi connectivity index (χ0) is 17.4. The molecule has 0 saturated carbocycles. The first kappa shape index (κ1) is 15.1. The first-order valence-electron chi connectivity index (χ1n) is 7.46. The van der Waals surface area contributed by atoms with E-state index in [4.69, 9.17) is 5.73 Å². The number of benzene rings is 1. The van der Waals surface area contributed by atoms with Crippen molar-refractivity contribution in [2.24, 2.45) is 0 Å². The maximum absolute atomic E-state index is 13.9. The Hall–Kier alpha value is -3.42. The van der Waals surface area contributed by atoms with Crippen molar-refractivity contribution in [1.82, 2.24) is 24.7 Å². The molecule has 3 heterocycles. The molecule has 3 aromatic heterocycles. The van der Waals surface area contributed by atoms with Gasteiger partial charge in [-0.3, -0.25) is 4.98 Å². The quantitative estimate of drug-likeness (QED) is 0.621. The van der Waals surface area contributed by atoms with Crippen LogP contribution in [0.4, 0.5) is 14.7 Å². The molecule has 6 nitrogen and oxygen atoms in total. The molecule has 0 spiro atoms. The number of pyridine rings is 1. The van der Waals surface area contributed by atoms with Crippen LogP contribution in [-0.2, 0) is 6.54 Å². The number of hydrogen-bond donors (Lipinski definition) is 1. The Balaban J connectivity index is 1.86. The monoisotopic (exact) mass is 338 g/mol. The van der Waals surface area contributed by atoms with Crippen LogP contribution >= 0.6 is 0 Å². The average molecular weight is 338 g/mol. The van der Waals surface area contributed by atoms with Gasteiger partial charge in [0.05, 0.1) is 23.8 Å². The maximum atomic E-state index is 13.9. The molecule has 0 aliphatic rings. The maximum Gasteiger partial charge on any atom is 0.222 e. The Morgan fingerprint density at radius 1 is 1.00 bits per heavy atom. The van der Waals surface area contributed by atoms with Crippen molar-refractivity contribution in [2.75, 3.05) is 5.73 Å². The summed E-state index contributed by atoms with van der Waals surface area (Å²) >= 11 is 0. The number of aromatic nitrogens is 5. The first-order chi connectivity index (χ1) is 12.1. The lowest BCUT2D eigenvalue weighted by molar-refractivity contribution is 0.536. The van der Waals surface area contributed by atoms with E-state index in [0.29, 0.717) is 16.7 Å². The molecule has 0 aliphatic carbocycles. The second kappa shape index (κ2) is 5.90. The van der Waals surface area contributed by atoms with Crippen molar-refractivity contribution in [3.05, 3.63) is 66.1 Å². The topological polar surface area (TPSA) is 82.5 Å². The smallest absolute Gasteiger partial charge is 0.222 e. The standard InChI is InChI=1S/C17H12F2N6/c18-13-4-1-5-14(19)12(13)9-25-16-11(8-22-25)15(23-17(20)24-16)10-3-2-6-21-7-10/h1-8H,9H2,(H2,20,23,24). The van der Waals surface area contributed by atoms with Gasteiger partial charge in [0.1, 0.15) is 11.6 Å². The lowest BCUT2D eigenvalue weighted by atomic mass is 10.1. The molecule has 124 valence electrons. The molecule has 8 heteroatoms. The number of hydrogen-bond acceptors (Lipinski definition) is 5. The summed E-state index contributed by atoms with van der Waals surface area (Å²) in [5.74, 6) is -1.24. The van der Waals surface area contributed by atoms with Gasteiger partial charge in [-0.05, 0) is 24.3 Å². The third-order valence-electron chi connectivity index (χ3n) is 3.82. The Bertz CT molecular complexity index is 1040. The van der Waals surface area contributed by atoms with E-state index in [-0.39, 0.29) is 18.1 Å². The van der Waals surface area contributed by atoms with E-state index in [1.807, 2.05) is 6.07 Å². The van der Waals surface area contributed by atoms with Gasteiger partial charge in [0, 0.05) is 23.5 Å². The van der Waals surface area contributed by atoms with Gasteiger partial charge in [0.25, 0.3) is 0 Å². The van der Waals surface area contributed by atoms with E-state index >= 15 is 0 Å². The second-order valence-electron chi connectivity index (χ2n) is 5.41. The van der Waals surface area contributed by atoms with E-state index in [9.17, 15) is 8.78 Å². The van der Waals surface area contributed by atoms with E-state index in [1.165, 1.54) is 22.9 Å². The minimum Gasteiger partial charge on any atom is -0.368 e. The summed E-state index contributed by atoms with van der Waals surface area (Å²) in [4.78, 5) is 12.5. The van der Waals surface area contributed by atoms with E-state index in [2.05, 4.69) is 20.1 Å². The van der Waals surface area contributed by atoms with E-state index < -0.39 is 11.6 Å². The Kier molecular flexibility index (Phi) is 3.57. The van der Waals surface area contributed by atoms with Crippen molar-refractivity contribution in [1.29, 1.82) is 0 Å². The lowest BCUT2D eigenvalue weighted by Gasteiger charge is -2.07. The molecular weight excluding hydrogens is 326 g/mol. The van der Waals surface area contributed by atoms with Crippen molar-refractivity contribution < 1.29 is 8.78 Å². The average Bonchev–Trinajstić information content (AvgIpc) is 3.01. The number of rotatable bonds is 3. The highest BCUT2D eigenvalue weighted by Crippen LogP contribution is 2.26. The molecule has 0 radical (unpaired) electrons. The molecule has 0 fully saturated rings. The molecular formula is C17H12F2N6. The second-order valence-corrected chi connectivity index (χ2v) is 5.41. The van der Waals surface area contributed by atoms with Crippen molar-refractivity contribution >= 4 is 17.0 Å². The molecule has 2 N–H and O–H groups in total. The molecule has 0 saturated heterocycles. The Morgan fingerprint density at radius 2 is 1.80 bits per heavy atom. The van der Waals surface area contributed by atoms with Crippen LogP contribution in [0.1, 0.15) is 5.56 Å². The molecule has 25 heavy (non-hydrogen) atoms. The molecule has 0 aliphatic heterocycles. The number of nitrogens with two attached hydrogens (primary N) is 1. The van der Waals surface area contributed by atoms with Gasteiger partial charge >= 0.3 is 0 Å². The number of anilines is 1. The predicted octanol–water partition coefficient (Wildman–Crippen LogP) is 2.80. The zero-order valence-corrected chi connectivity index (χ0v) is 12.9. The van der Waals surface area contributed by atoms with Gasteiger partial charge in [-0.2, -0.15) is 10.1 Å². The number of nitrogen functional groups attached to an aromatic ring is 1. The van der Waals surface area contributed by atoms with Gasteiger partial charge in [0.2, 0.25) is 5.95 Å². The van der Waals surface area contributed by atoms with Crippen LogP contribution in [0.25, 0.3) is 22.3 Å². The summed E-state index contributed by atoms with van der Waals surface area (Å²) in [5, 5.41) is 4.83. The van der Waals surface area contributed by atoms with Crippen LogP contribution in [-0.4, -0.2) is 24.7 Å². The minimum atomic E-state index is -0.641.